The maximum absolute atomic E-state index is 12.3. The minimum absolute atomic E-state index is 0.0589. The first-order valence-corrected chi connectivity index (χ1v) is 6.81. The molecule has 8 heteroatoms. The van der Waals surface area contributed by atoms with Gasteiger partial charge in [-0.3, -0.25) is 14.9 Å². The molecular weight excluding hydrogens is 292 g/mol. The third-order valence-corrected chi connectivity index (χ3v) is 3.49. The quantitative estimate of drug-likeness (QED) is 0.595. The Bertz CT molecular complexity index is 569. The third-order valence-electron chi connectivity index (χ3n) is 3.49. The van der Waals surface area contributed by atoms with Crippen LogP contribution in [0.15, 0.2) is 12.1 Å². The van der Waals surface area contributed by atoms with Gasteiger partial charge in [-0.1, -0.05) is 0 Å². The van der Waals surface area contributed by atoms with Crippen LogP contribution in [0.25, 0.3) is 0 Å². The standard InChI is InChI=1S/C14H18N2O6/c1-20-12-7-10(11(16(18)19)9-13(12)21-2)8-14(17)15-3-5-22-6-4-15/h7,9H,3-6,8H2,1-2H3. The minimum Gasteiger partial charge on any atom is -0.493 e. The first kappa shape index (κ1) is 16.0. The van der Waals surface area contributed by atoms with Crippen LogP contribution in [0.4, 0.5) is 5.69 Å². The summed E-state index contributed by atoms with van der Waals surface area (Å²) >= 11 is 0. The SMILES string of the molecule is COc1cc(CC(=O)N2CCOCC2)c([N+](=O)[O-])cc1OC. The zero-order valence-electron chi connectivity index (χ0n) is 12.5. The normalized spacial score (nSPS) is 14.5. The van der Waals surface area contributed by atoms with Gasteiger partial charge in [0.05, 0.1) is 44.8 Å². The number of nitro benzene ring substituents is 1. The first-order valence-electron chi connectivity index (χ1n) is 6.81. The number of morpholine rings is 1. The van der Waals surface area contributed by atoms with E-state index in [1.807, 2.05) is 0 Å². The van der Waals surface area contributed by atoms with E-state index in [9.17, 15) is 14.9 Å². The van der Waals surface area contributed by atoms with Crippen molar-refractivity contribution < 1.29 is 23.9 Å². The second-order valence-electron chi connectivity index (χ2n) is 4.76. The van der Waals surface area contributed by atoms with E-state index < -0.39 is 4.92 Å². The Morgan fingerprint density at radius 1 is 1.27 bits per heavy atom. The van der Waals surface area contributed by atoms with Crippen molar-refractivity contribution in [3.05, 3.63) is 27.8 Å². The maximum Gasteiger partial charge on any atom is 0.277 e. The molecule has 1 heterocycles. The van der Waals surface area contributed by atoms with Gasteiger partial charge >= 0.3 is 0 Å². The molecule has 1 aromatic rings. The molecule has 120 valence electrons. The van der Waals surface area contributed by atoms with Crippen molar-refractivity contribution in [2.45, 2.75) is 6.42 Å². The molecular formula is C14H18N2O6. The molecule has 1 aromatic carbocycles. The van der Waals surface area contributed by atoms with Crippen LogP contribution >= 0.6 is 0 Å². The summed E-state index contributed by atoms with van der Waals surface area (Å²) in [6.07, 6.45) is -0.0589. The Morgan fingerprint density at radius 3 is 2.41 bits per heavy atom. The fourth-order valence-electron chi connectivity index (χ4n) is 2.31. The molecule has 0 N–H and O–H groups in total. The lowest BCUT2D eigenvalue weighted by Crippen LogP contribution is -2.41. The van der Waals surface area contributed by atoms with Crippen LogP contribution in [0.5, 0.6) is 11.5 Å². The average Bonchev–Trinajstić information content (AvgIpc) is 2.54. The lowest BCUT2D eigenvalue weighted by atomic mass is 10.1. The number of methoxy groups -OCH3 is 2. The largest absolute Gasteiger partial charge is 0.493 e. The molecule has 0 bridgehead atoms. The lowest BCUT2D eigenvalue weighted by molar-refractivity contribution is -0.385. The van der Waals surface area contributed by atoms with E-state index in [2.05, 4.69) is 0 Å². The zero-order chi connectivity index (χ0) is 16.1. The van der Waals surface area contributed by atoms with E-state index in [1.165, 1.54) is 26.4 Å². The van der Waals surface area contributed by atoms with Gasteiger partial charge in [0.2, 0.25) is 5.91 Å². The maximum atomic E-state index is 12.3. The molecule has 1 aliphatic heterocycles. The number of carbonyl (C=O) groups is 1. The van der Waals surface area contributed by atoms with Crippen LogP contribution in [0.2, 0.25) is 0 Å². The summed E-state index contributed by atoms with van der Waals surface area (Å²) in [7, 11) is 2.84. The zero-order valence-corrected chi connectivity index (χ0v) is 12.5. The van der Waals surface area contributed by atoms with E-state index >= 15 is 0 Å². The summed E-state index contributed by atoms with van der Waals surface area (Å²) in [5, 5.41) is 11.2. The smallest absolute Gasteiger partial charge is 0.277 e. The van der Waals surface area contributed by atoms with Crippen molar-refractivity contribution >= 4 is 11.6 Å². The number of hydrogen-bond donors (Lipinski definition) is 0. The van der Waals surface area contributed by atoms with Crippen molar-refractivity contribution in [3.63, 3.8) is 0 Å². The first-order chi connectivity index (χ1) is 10.6. The second-order valence-corrected chi connectivity index (χ2v) is 4.76. The Labute approximate surface area is 127 Å². The molecule has 0 aliphatic carbocycles. The number of carbonyl (C=O) groups excluding carboxylic acids is 1. The van der Waals surface area contributed by atoms with Crippen LogP contribution in [-0.2, 0) is 16.0 Å². The molecule has 0 aromatic heterocycles. The van der Waals surface area contributed by atoms with Crippen molar-refractivity contribution in [3.8, 4) is 11.5 Å². The number of nitrogens with zero attached hydrogens (tertiary/aromatic N) is 2. The predicted molar refractivity (Wildman–Crippen MR) is 77.3 cm³/mol. The topological polar surface area (TPSA) is 91.1 Å². The molecule has 1 saturated heterocycles. The highest BCUT2D eigenvalue weighted by molar-refractivity contribution is 5.80. The van der Waals surface area contributed by atoms with E-state index in [-0.39, 0.29) is 23.8 Å². The number of hydrogen-bond acceptors (Lipinski definition) is 6. The van der Waals surface area contributed by atoms with Gasteiger partial charge < -0.3 is 19.1 Å². The van der Waals surface area contributed by atoms with Gasteiger partial charge in [0.25, 0.3) is 5.69 Å². The van der Waals surface area contributed by atoms with Gasteiger partial charge in [-0.25, -0.2) is 0 Å². The molecule has 0 unspecified atom stereocenters. The van der Waals surface area contributed by atoms with Crippen LogP contribution in [0, 0.1) is 10.1 Å². The Morgan fingerprint density at radius 2 is 1.86 bits per heavy atom. The Hall–Kier alpha value is -2.35. The molecule has 0 saturated carbocycles. The molecule has 8 nitrogen and oxygen atoms in total. The van der Waals surface area contributed by atoms with Crippen molar-refractivity contribution in [1.82, 2.24) is 4.90 Å². The fourth-order valence-corrected chi connectivity index (χ4v) is 2.31. The van der Waals surface area contributed by atoms with E-state index in [1.54, 1.807) is 4.90 Å². The molecule has 22 heavy (non-hydrogen) atoms. The predicted octanol–water partition coefficient (Wildman–Crippen LogP) is 1.01. The number of amides is 1. The molecule has 0 radical (unpaired) electrons. The lowest BCUT2D eigenvalue weighted by Gasteiger charge is -2.26. The van der Waals surface area contributed by atoms with Gasteiger partial charge in [-0.15, -0.1) is 0 Å². The van der Waals surface area contributed by atoms with E-state index in [0.717, 1.165) is 0 Å². The van der Waals surface area contributed by atoms with Gasteiger partial charge in [0.1, 0.15) is 0 Å². The molecule has 2 rings (SSSR count). The number of nitro groups is 1. The monoisotopic (exact) mass is 310 g/mol. The minimum atomic E-state index is -0.524. The fraction of sp³-hybridized carbons (Fsp3) is 0.500. The molecule has 1 fully saturated rings. The highest BCUT2D eigenvalue weighted by atomic mass is 16.6. The van der Waals surface area contributed by atoms with Crippen molar-refractivity contribution in [1.29, 1.82) is 0 Å². The van der Waals surface area contributed by atoms with Crippen LogP contribution < -0.4 is 9.47 Å². The molecule has 1 aliphatic rings. The van der Waals surface area contributed by atoms with Crippen LogP contribution in [-0.4, -0.2) is 56.3 Å². The van der Waals surface area contributed by atoms with Crippen molar-refractivity contribution in [2.24, 2.45) is 0 Å². The summed E-state index contributed by atoms with van der Waals surface area (Å²) in [5.41, 5.74) is 0.151. The molecule has 0 atom stereocenters. The third kappa shape index (κ3) is 3.45. The Balaban J connectivity index is 2.27. The molecule has 0 spiro atoms. The van der Waals surface area contributed by atoms with Crippen molar-refractivity contribution in [2.75, 3.05) is 40.5 Å². The van der Waals surface area contributed by atoms with Gasteiger partial charge in [-0.2, -0.15) is 0 Å². The van der Waals surface area contributed by atoms with Gasteiger partial charge in [-0.05, 0) is 6.07 Å². The summed E-state index contributed by atoms with van der Waals surface area (Å²) in [4.78, 5) is 24.6. The number of ether oxygens (including phenoxy) is 3. The van der Waals surface area contributed by atoms with Gasteiger partial charge in [0, 0.05) is 18.7 Å². The average molecular weight is 310 g/mol. The summed E-state index contributed by atoms with van der Waals surface area (Å²) < 4.78 is 15.4. The van der Waals surface area contributed by atoms with Crippen LogP contribution in [0.1, 0.15) is 5.56 Å². The van der Waals surface area contributed by atoms with Gasteiger partial charge in [0.15, 0.2) is 11.5 Å². The highest BCUT2D eigenvalue weighted by Gasteiger charge is 2.24. The summed E-state index contributed by atoms with van der Waals surface area (Å²) in [6.45, 7) is 1.97. The number of rotatable bonds is 5. The Kier molecular flexibility index (Phi) is 5.16. The number of benzene rings is 1. The second kappa shape index (κ2) is 7.08. The summed E-state index contributed by atoms with van der Waals surface area (Å²) in [5.74, 6) is 0.452. The van der Waals surface area contributed by atoms with E-state index in [0.29, 0.717) is 37.6 Å². The molecule has 1 amide bonds. The van der Waals surface area contributed by atoms with E-state index in [4.69, 9.17) is 14.2 Å². The summed E-state index contributed by atoms with van der Waals surface area (Å²) in [6, 6.07) is 2.76. The van der Waals surface area contributed by atoms with Crippen LogP contribution in [0.3, 0.4) is 0 Å². The highest BCUT2D eigenvalue weighted by Crippen LogP contribution is 2.34.